The Morgan fingerprint density at radius 3 is 2.68 bits per heavy atom. The summed E-state index contributed by atoms with van der Waals surface area (Å²) in [6.45, 7) is 6.30. The monoisotopic (exact) mass is 416 g/mol. The van der Waals surface area contributed by atoms with Crippen LogP contribution >= 0.6 is 23.6 Å². The lowest BCUT2D eigenvalue weighted by molar-refractivity contribution is 0.0601. The quantitative estimate of drug-likeness (QED) is 0.393. The Hall–Kier alpha value is -1.92. The van der Waals surface area contributed by atoms with Gasteiger partial charge >= 0.3 is 5.97 Å². The predicted molar refractivity (Wildman–Crippen MR) is 121 cm³/mol. The molecule has 1 aliphatic carbocycles. The number of anilines is 1. The van der Waals surface area contributed by atoms with Crippen LogP contribution in [0.4, 0.5) is 5.00 Å². The number of aryl methyl sites for hydroxylation is 3. The van der Waals surface area contributed by atoms with Gasteiger partial charge in [-0.05, 0) is 75.4 Å². The summed E-state index contributed by atoms with van der Waals surface area (Å²) in [7, 11) is 1.44. The topological polar surface area (TPSA) is 50.4 Å². The van der Waals surface area contributed by atoms with Crippen LogP contribution in [0.3, 0.4) is 0 Å². The Morgan fingerprint density at radius 1 is 1.21 bits per heavy atom. The van der Waals surface area contributed by atoms with E-state index in [0.29, 0.717) is 10.7 Å². The molecule has 2 aromatic rings. The highest BCUT2D eigenvalue weighted by Crippen LogP contribution is 2.38. The fraction of sp³-hybridized carbons (Fsp3) is 0.455. The molecule has 1 atom stereocenters. The zero-order chi connectivity index (χ0) is 20.3. The van der Waals surface area contributed by atoms with E-state index in [2.05, 4.69) is 49.6 Å². The van der Waals surface area contributed by atoms with Crippen molar-refractivity contribution in [2.75, 3.05) is 12.4 Å². The molecule has 2 N–H and O–H groups in total. The van der Waals surface area contributed by atoms with E-state index in [0.717, 1.165) is 29.8 Å². The molecule has 3 rings (SSSR count). The molecule has 0 bridgehead atoms. The molecule has 0 amide bonds. The standard InChI is InChI=1S/C22H28N2O2S2/c1-13-10-11-16(14(2)12-13)15(3)23-22(27)24-20-19(21(25)26-4)17-8-6-5-7-9-18(17)28-20/h10-12,15H,5-9H2,1-4H3,(H2,23,24,27). The lowest BCUT2D eigenvalue weighted by Gasteiger charge is -2.19. The maximum atomic E-state index is 12.5. The summed E-state index contributed by atoms with van der Waals surface area (Å²) < 4.78 is 5.07. The molecule has 0 saturated carbocycles. The summed E-state index contributed by atoms with van der Waals surface area (Å²) in [6, 6.07) is 6.50. The summed E-state index contributed by atoms with van der Waals surface area (Å²) in [6.07, 6.45) is 5.43. The Balaban J connectivity index is 1.79. The first-order valence-electron chi connectivity index (χ1n) is 9.78. The average Bonchev–Trinajstić information content (AvgIpc) is 2.81. The summed E-state index contributed by atoms with van der Waals surface area (Å²) in [5.74, 6) is -0.285. The van der Waals surface area contributed by atoms with E-state index in [1.807, 2.05) is 0 Å². The van der Waals surface area contributed by atoms with Gasteiger partial charge in [0.2, 0.25) is 0 Å². The van der Waals surface area contributed by atoms with Crippen molar-refractivity contribution in [2.24, 2.45) is 0 Å². The number of carbonyl (C=O) groups excluding carboxylic acids is 1. The summed E-state index contributed by atoms with van der Waals surface area (Å²) in [5, 5.41) is 7.95. The minimum atomic E-state index is -0.285. The van der Waals surface area contributed by atoms with Gasteiger partial charge in [-0.1, -0.05) is 30.2 Å². The molecular weight excluding hydrogens is 388 g/mol. The third kappa shape index (κ3) is 4.55. The highest BCUT2D eigenvalue weighted by molar-refractivity contribution is 7.80. The van der Waals surface area contributed by atoms with E-state index in [1.165, 1.54) is 41.5 Å². The van der Waals surface area contributed by atoms with Crippen molar-refractivity contribution >= 4 is 39.6 Å². The van der Waals surface area contributed by atoms with Crippen molar-refractivity contribution in [3.8, 4) is 0 Å². The lowest BCUT2D eigenvalue weighted by atomic mass is 10.0. The normalized spacial score (nSPS) is 14.6. The molecule has 0 aliphatic heterocycles. The number of thiocarbonyl (C=S) groups is 1. The number of ether oxygens (including phenoxy) is 1. The Bertz CT molecular complexity index is 889. The van der Waals surface area contributed by atoms with Gasteiger partial charge < -0.3 is 15.4 Å². The number of carbonyl (C=O) groups is 1. The van der Waals surface area contributed by atoms with E-state index >= 15 is 0 Å². The van der Waals surface area contributed by atoms with Gasteiger partial charge in [-0.25, -0.2) is 4.79 Å². The van der Waals surface area contributed by atoms with Gasteiger partial charge in [-0.2, -0.15) is 0 Å². The van der Waals surface area contributed by atoms with Crippen LogP contribution in [-0.2, 0) is 17.6 Å². The van der Waals surface area contributed by atoms with Gasteiger partial charge in [-0.3, -0.25) is 0 Å². The molecular formula is C22H28N2O2S2. The number of esters is 1. The Morgan fingerprint density at radius 2 is 1.96 bits per heavy atom. The zero-order valence-electron chi connectivity index (χ0n) is 17.0. The molecule has 6 heteroatoms. The van der Waals surface area contributed by atoms with Crippen molar-refractivity contribution in [1.29, 1.82) is 0 Å². The number of methoxy groups -OCH3 is 1. The fourth-order valence-electron chi connectivity index (χ4n) is 3.87. The van der Waals surface area contributed by atoms with Crippen molar-refractivity contribution in [1.82, 2.24) is 5.32 Å². The molecule has 150 valence electrons. The highest BCUT2D eigenvalue weighted by atomic mass is 32.1. The van der Waals surface area contributed by atoms with Crippen molar-refractivity contribution in [3.63, 3.8) is 0 Å². The van der Waals surface area contributed by atoms with Crippen molar-refractivity contribution in [2.45, 2.75) is 58.9 Å². The van der Waals surface area contributed by atoms with Crippen LogP contribution in [0.25, 0.3) is 0 Å². The minimum absolute atomic E-state index is 0.0694. The number of rotatable bonds is 4. The molecule has 0 fully saturated rings. The van der Waals surface area contributed by atoms with Crippen LogP contribution in [0, 0.1) is 13.8 Å². The van der Waals surface area contributed by atoms with Gasteiger partial charge in [0.1, 0.15) is 5.00 Å². The van der Waals surface area contributed by atoms with Crippen LogP contribution in [0.1, 0.15) is 69.7 Å². The molecule has 1 unspecified atom stereocenters. The second kappa shape index (κ2) is 9.05. The van der Waals surface area contributed by atoms with E-state index in [9.17, 15) is 4.79 Å². The smallest absolute Gasteiger partial charge is 0.341 e. The van der Waals surface area contributed by atoms with Crippen LogP contribution in [0.15, 0.2) is 18.2 Å². The van der Waals surface area contributed by atoms with E-state index in [-0.39, 0.29) is 12.0 Å². The number of fused-ring (bicyclic) bond motifs is 1. The van der Waals surface area contributed by atoms with Crippen LogP contribution in [0.2, 0.25) is 0 Å². The van der Waals surface area contributed by atoms with Gasteiger partial charge in [-0.15, -0.1) is 11.3 Å². The first-order valence-corrected chi connectivity index (χ1v) is 11.0. The van der Waals surface area contributed by atoms with Crippen molar-refractivity contribution in [3.05, 3.63) is 50.9 Å². The van der Waals surface area contributed by atoms with Crippen LogP contribution < -0.4 is 10.6 Å². The summed E-state index contributed by atoms with van der Waals surface area (Å²) >= 11 is 7.20. The van der Waals surface area contributed by atoms with Gasteiger partial charge in [0.15, 0.2) is 5.11 Å². The highest BCUT2D eigenvalue weighted by Gasteiger charge is 2.26. The van der Waals surface area contributed by atoms with E-state index < -0.39 is 0 Å². The van der Waals surface area contributed by atoms with Gasteiger partial charge in [0.25, 0.3) is 0 Å². The SMILES string of the molecule is COC(=O)c1c(NC(=S)NC(C)c2ccc(C)cc2C)sc2c1CCCCC2. The van der Waals surface area contributed by atoms with Crippen LogP contribution in [0.5, 0.6) is 0 Å². The summed E-state index contributed by atoms with van der Waals surface area (Å²) in [5.41, 5.74) is 5.50. The number of nitrogens with one attached hydrogen (secondary N) is 2. The fourth-order valence-corrected chi connectivity index (χ4v) is 5.50. The van der Waals surface area contributed by atoms with Gasteiger partial charge in [0.05, 0.1) is 18.7 Å². The largest absolute Gasteiger partial charge is 0.465 e. The van der Waals surface area contributed by atoms with Gasteiger partial charge in [0, 0.05) is 4.88 Å². The molecule has 1 aliphatic rings. The van der Waals surface area contributed by atoms with E-state index in [4.69, 9.17) is 17.0 Å². The van der Waals surface area contributed by atoms with Crippen molar-refractivity contribution < 1.29 is 9.53 Å². The molecule has 0 spiro atoms. The maximum Gasteiger partial charge on any atom is 0.341 e. The number of hydrogen-bond acceptors (Lipinski definition) is 4. The first-order chi connectivity index (χ1) is 13.4. The molecule has 4 nitrogen and oxygen atoms in total. The first kappa shape index (κ1) is 20.8. The molecule has 1 aromatic carbocycles. The maximum absolute atomic E-state index is 12.5. The number of benzene rings is 1. The molecule has 28 heavy (non-hydrogen) atoms. The predicted octanol–water partition coefficient (Wildman–Crippen LogP) is 5.47. The summed E-state index contributed by atoms with van der Waals surface area (Å²) in [4.78, 5) is 13.7. The number of thiophene rings is 1. The second-order valence-electron chi connectivity index (χ2n) is 7.44. The Labute approximate surface area is 176 Å². The average molecular weight is 417 g/mol. The molecule has 0 saturated heterocycles. The second-order valence-corrected chi connectivity index (χ2v) is 8.95. The lowest BCUT2D eigenvalue weighted by Crippen LogP contribution is -2.31. The Kier molecular flexibility index (Phi) is 6.73. The van der Waals surface area contributed by atoms with Crippen LogP contribution in [-0.4, -0.2) is 18.2 Å². The molecule has 1 heterocycles. The third-order valence-electron chi connectivity index (χ3n) is 5.28. The molecule has 0 radical (unpaired) electrons. The number of hydrogen-bond donors (Lipinski definition) is 2. The molecule has 1 aromatic heterocycles. The minimum Gasteiger partial charge on any atom is -0.465 e. The zero-order valence-corrected chi connectivity index (χ0v) is 18.6. The van der Waals surface area contributed by atoms with E-state index in [1.54, 1.807) is 11.3 Å². The third-order valence-corrected chi connectivity index (χ3v) is 6.70.